The average molecular weight is 395 g/mol. The molecule has 0 fully saturated rings. The van der Waals surface area contributed by atoms with Crippen molar-refractivity contribution in [1.82, 2.24) is 4.57 Å². The maximum atomic E-state index is 13.3. The van der Waals surface area contributed by atoms with Crippen molar-refractivity contribution < 1.29 is 23.1 Å². The average Bonchev–Trinajstić information content (AvgIpc) is 2.56. The molecule has 0 atom stereocenters. The number of ether oxygens (including phenoxy) is 1. The van der Waals surface area contributed by atoms with Gasteiger partial charge in [-0.1, -0.05) is 12.1 Å². The van der Waals surface area contributed by atoms with Gasteiger partial charge in [-0.05, 0) is 46.8 Å². The highest BCUT2D eigenvalue weighted by molar-refractivity contribution is 7.52. The Balaban J connectivity index is 2.62. The Morgan fingerprint density at radius 2 is 1.70 bits per heavy atom. The van der Waals surface area contributed by atoms with Crippen LogP contribution < -0.4 is 5.43 Å². The number of nitrogens with zero attached hydrogens (tertiary/aromatic N) is 1. The predicted molar refractivity (Wildman–Crippen MR) is 104 cm³/mol. The molecule has 0 N–H and O–H groups in total. The van der Waals surface area contributed by atoms with Crippen LogP contribution in [0.5, 0.6) is 0 Å². The first-order valence-electron chi connectivity index (χ1n) is 8.92. The fourth-order valence-electron chi connectivity index (χ4n) is 2.74. The SMILES string of the molecule is CCOC(=O)c1cn(CP(=O)(OC(C)C)OC(C)C)c2ccccc2c1=O. The minimum absolute atomic E-state index is 0.115. The first-order valence-corrected chi connectivity index (χ1v) is 10.6. The van der Waals surface area contributed by atoms with E-state index in [-0.39, 0.29) is 30.7 Å². The zero-order valence-electron chi connectivity index (χ0n) is 16.3. The molecule has 0 unspecified atom stereocenters. The van der Waals surface area contributed by atoms with Crippen molar-refractivity contribution >= 4 is 24.5 Å². The number of carbonyl (C=O) groups excluding carboxylic acids is 1. The lowest BCUT2D eigenvalue weighted by Gasteiger charge is -2.24. The van der Waals surface area contributed by atoms with E-state index in [0.717, 1.165) is 0 Å². The van der Waals surface area contributed by atoms with E-state index in [2.05, 4.69) is 0 Å². The molecule has 148 valence electrons. The molecule has 0 saturated heterocycles. The molecule has 0 aliphatic rings. The first kappa shape index (κ1) is 21.4. The summed E-state index contributed by atoms with van der Waals surface area (Å²) < 4.78 is 31.0. The van der Waals surface area contributed by atoms with Gasteiger partial charge >= 0.3 is 13.6 Å². The van der Waals surface area contributed by atoms with Gasteiger partial charge in [-0.15, -0.1) is 0 Å². The minimum atomic E-state index is -3.53. The smallest absolute Gasteiger partial charge is 0.350 e. The van der Waals surface area contributed by atoms with Crippen molar-refractivity contribution in [2.45, 2.75) is 53.1 Å². The second kappa shape index (κ2) is 8.83. The topological polar surface area (TPSA) is 83.8 Å². The number of para-hydroxylation sites is 1. The molecule has 8 heteroatoms. The molecule has 0 amide bonds. The molecule has 0 aliphatic carbocycles. The number of pyridine rings is 1. The molecule has 0 saturated carbocycles. The van der Waals surface area contributed by atoms with Gasteiger partial charge in [-0.25, -0.2) is 4.79 Å². The Hall–Kier alpha value is -1.95. The molecule has 2 rings (SSSR count). The maximum absolute atomic E-state index is 13.3. The van der Waals surface area contributed by atoms with E-state index in [1.165, 1.54) is 6.20 Å². The Bertz CT molecular complexity index is 904. The van der Waals surface area contributed by atoms with Crippen LogP contribution in [-0.4, -0.2) is 29.4 Å². The van der Waals surface area contributed by atoms with Gasteiger partial charge in [0.25, 0.3) is 0 Å². The molecule has 7 nitrogen and oxygen atoms in total. The molecule has 2 aromatic rings. The van der Waals surface area contributed by atoms with Gasteiger partial charge in [0.1, 0.15) is 11.8 Å². The molecule has 0 radical (unpaired) electrons. The summed E-state index contributed by atoms with van der Waals surface area (Å²) in [5.74, 6) is -0.716. The van der Waals surface area contributed by atoms with Crippen LogP contribution in [-0.2, 0) is 24.6 Å². The number of aromatic nitrogens is 1. The third-order valence-corrected chi connectivity index (χ3v) is 5.69. The van der Waals surface area contributed by atoms with Crippen molar-refractivity contribution in [3.63, 3.8) is 0 Å². The molecule has 1 aromatic carbocycles. The lowest BCUT2D eigenvalue weighted by molar-refractivity contribution is 0.0523. The highest BCUT2D eigenvalue weighted by atomic mass is 31.2. The fraction of sp³-hybridized carbons (Fsp3) is 0.474. The Morgan fingerprint density at radius 3 is 2.26 bits per heavy atom. The van der Waals surface area contributed by atoms with Gasteiger partial charge in [0.05, 0.1) is 24.3 Å². The minimum Gasteiger partial charge on any atom is -0.462 e. The van der Waals surface area contributed by atoms with Crippen molar-refractivity contribution in [1.29, 1.82) is 0 Å². The monoisotopic (exact) mass is 395 g/mol. The summed E-state index contributed by atoms with van der Waals surface area (Å²) in [5.41, 5.74) is -0.00336. The Kier molecular flexibility index (Phi) is 6.98. The van der Waals surface area contributed by atoms with Gasteiger partial charge in [0.15, 0.2) is 0 Å². The van der Waals surface area contributed by atoms with E-state index in [1.54, 1.807) is 63.5 Å². The standard InChI is InChI=1S/C19H26NO6P/c1-6-24-19(22)16-11-20(17-10-8-7-9-15(17)18(16)21)12-27(23,25-13(2)3)26-14(4)5/h7-11,13-14H,6,12H2,1-5H3. The molecule has 0 aliphatic heterocycles. The number of benzene rings is 1. The van der Waals surface area contributed by atoms with Gasteiger partial charge < -0.3 is 18.4 Å². The fourth-order valence-corrected chi connectivity index (χ4v) is 4.81. The number of fused-ring (bicyclic) bond motifs is 1. The molecular formula is C19H26NO6P. The largest absolute Gasteiger partial charge is 0.462 e. The van der Waals surface area contributed by atoms with E-state index in [1.807, 2.05) is 0 Å². The molecule has 0 bridgehead atoms. The highest BCUT2D eigenvalue weighted by Crippen LogP contribution is 2.52. The van der Waals surface area contributed by atoms with Crippen molar-refractivity contribution in [3.05, 3.63) is 46.2 Å². The third kappa shape index (κ3) is 5.28. The molecule has 27 heavy (non-hydrogen) atoms. The molecule has 1 aromatic heterocycles. The summed E-state index contributed by atoms with van der Waals surface area (Å²) in [5, 5.41) is 0.337. The van der Waals surface area contributed by atoms with Crippen LogP contribution in [0.4, 0.5) is 0 Å². The van der Waals surface area contributed by atoms with E-state index < -0.39 is 19.0 Å². The van der Waals surface area contributed by atoms with E-state index in [9.17, 15) is 14.2 Å². The lowest BCUT2D eigenvalue weighted by Crippen LogP contribution is -2.22. The van der Waals surface area contributed by atoms with Crippen LogP contribution in [0.25, 0.3) is 10.9 Å². The number of esters is 1. The lowest BCUT2D eigenvalue weighted by atomic mass is 10.1. The van der Waals surface area contributed by atoms with Gasteiger partial charge in [-0.2, -0.15) is 0 Å². The van der Waals surface area contributed by atoms with Crippen molar-refractivity contribution in [3.8, 4) is 0 Å². The summed E-state index contributed by atoms with van der Waals surface area (Å²) in [6, 6.07) is 6.81. The van der Waals surface area contributed by atoms with Crippen molar-refractivity contribution in [2.75, 3.05) is 6.61 Å². The van der Waals surface area contributed by atoms with Gasteiger partial charge in [0.2, 0.25) is 5.43 Å². The number of carbonyl (C=O) groups is 1. The zero-order valence-corrected chi connectivity index (χ0v) is 17.2. The number of hydrogen-bond donors (Lipinski definition) is 0. The molecular weight excluding hydrogens is 369 g/mol. The van der Waals surface area contributed by atoms with E-state index in [0.29, 0.717) is 10.9 Å². The first-order chi connectivity index (χ1) is 12.7. The normalized spacial score (nSPS) is 12.1. The van der Waals surface area contributed by atoms with Crippen LogP contribution >= 0.6 is 7.60 Å². The Labute approximate surface area is 158 Å². The van der Waals surface area contributed by atoms with Crippen molar-refractivity contribution in [2.24, 2.45) is 0 Å². The van der Waals surface area contributed by atoms with E-state index >= 15 is 0 Å². The summed E-state index contributed by atoms with van der Waals surface area (Å²) in [4.78, 5) is 24.9. The quantitative estimate of drug-likeness (QED) is 0.493. The summed E-state index contributed by atoms with van der Waals surface area (Å²) in [7, 11) is -3.53. The summed E-state index contributed by atoms with van der Waals surface area (Å²) in [6.07, 6.45) is 0.605. The van der Waals surface area contributed by atoms with Crippen LogP contribution in [0.15, 0.2) is 35.3 Å². The van der Waals surface area contributed by atoms with Crippen LogP contribution in [0.2, 0.25) is 0 Å². The molecule has 1 heterocycles. The zero-order chi connectivity index (χ0) is 20.2. The number of hydrogen-bond acceptors (Lipinski definition) is 6. The van der Waals surface area contributed by atoms with Crippen LogP contribution in [0.1, 0.15) is 45.0 Å². The number of rotatable bonds is 8. The maximum Gasteiger partial charge on any atom is 0.350 e. The summed E-state index contributed by atoms with van der Waals surface area (Å²) >= 11 is 0. The van der Waals surface area contributed by atoms with Crippen LogP contribution in [0, 0.1) is 0 Å². The van der Waals surface area contributed by atoms with Gasteiger partial charge in [-0.3, -0.25) is 9.36 Å². The highest BCUT2D eigenvalue weighted by Gasteiger charge is 2.29. The van der Waals surface area contributed by atoms with Crippen LogP contribution in [0.3, 0.4) is 0 Å². The van der Waals surface area contributed by atoms with Gasteiger partial charge in [0, 0.05) is 11.6 Å². The van der Waals surface area contributed by atoms with E-state index in [4.69, 9.17) is 13.8 Å². The third-order valence-electron chi connectivity index (χ3n) is 3.55. The second-order valence-electron chi connectivity index (χ2n) is 6.64. The predicted octanol–water partition coefficient (Wildman–Crippen LogP) is 4.18. The summed E-state index contributed by atoms with van der Waals surface area (Å²) in [6.45, 7) is 8.89. The Morgan fingerprint density at radius 1 is 1.11 bits per heavy atom. The molecule has 0 spiro atoms. The second-order valence-corrected chi connectivity index (χ2v) is 8.57.